The number of nitrogens with one attached hydrogen (secondary N) is 1. The topological polar surface area (TPSA) is 21.3 Å². The van der Waals surface area contributed by atoms with Crippen LogP contribution < -0.4 is 10.1 Å². The molecule has 1 aliphatic rings. The summed E-state index contributed by atoms with van der Waals surface area (Å²) in [6.45, 7) is 2.10. The van der Waals surface area contributed by atoms with Gasteiger partial charge in [-0.05, 0) is 79.8 Å². The van der Waals surface area contributed by atoms with E-state index < -0.39 is 11.6 Å². The molecule has 0 fully saturated rings. The van der Waals surface area contributed by atoms with E-state index in [0.717, 1.165) is 29.7 Å². The number of hydrogen-bond donors (Lipinski definition) is 1. The molecular formula is C20H23F2NO. The lowest BCUT2D eigenvalue weighted by atomic mass is 9.83. The molecule has 0 amide bonds. The summed E-state index contributed by atoms with van der Waals surface area (Å²) in [5, 5.41) is 3.25. The molecule has 1 aliphatic carbocycles. The molecule has 0 heterocycles. The molecule has 2 aromatic carbocycles. The van der Waals surface area contributed by atoms with E-state index in [0.29, 0.717) is 6.42 Å². The third-order valence-corrected chi connectivity index (χ3v) is 5.03. The molecule has 2 unspecified atom stereocenters. The Hall–Kier alpha value is -1.94. The molecule has 2 nitrogen and oxygen atoms in total. The Morgan fingerprint density at radius 3 is 2.42 bits per heavy atom. The van der Waals surface area contributed by atoms with Crippen molar-refractivity contribution in [1.29, 1.82) is 0 Å². The second-order valence-corrected chi connectivity index (χ2v) is 6.51. The maximum atomic E-state index is 13.9. The van der Waals surface area contributed by atoms with Crippen LogP contribution in [0.1, 0.15) is 41.5 Å². The first kappa shape index (κ1) is 16.9. The summed E-state index contributed by atoms with van der Waals surface area (Å²) in [6.07, 6.45) is 2.33. The van der Waals surface area contributed by atoms with E-state index in [4.69, 9.17) is 4.74 Å². The van der Waals surface area contributed by atoms with Crippen LogP contribution >= 0.6 is 0 Å². The highest BCUT2D eigenvalue weighted by Gasteiger charge is 2.27. The van der Waals surface area contributed by atoms with E-state index in [2.05, 4.69) is 18.3 Å². The number of fused-ring (bicyclic) bond motifs is 2. The molecule has 2 aromatic rings. The molecule has 0 aromatic heterocycles. The molecule has 0 saturated heterocycles. The van der Waals surface area contributed by atoms with E-state index >= 15 is 0 Å². The van der Waals surface area contributed by atoms with E-state index in [1.54, 1.807) is 7.11 Å². The number of methoxy groups -OCH3 is 1. The molecule has 4 heteroatoms. The molecule has 0 bridgehead atoms. The highest BCUT2D eigenvalue weighted by atomic mass is 19.2. The number of rotatable bonds is 4. The lowest BCUT2D eigenvalue weighted by Gasteiger charge is -2.24. The lowest BCUT2D eigenvalue weighted by Crippen LogP contribution is -2.24. The van der Waals surface area contributed by atoms with Gasteiger partial charge in [0.1, 0.15) is 5.75 Å². The first-order valence-corrected chi connectivity index (χ1v) is 8.35. The predicted molar refractivity (Wildman–Crippen MR) is 91.7 cm³/mol. The largest absolute Gasteiger partial charge is 0.497 e. The van der Waals surface area contributed by atoms with Crippen LogP contribution in [0.5, 0.6) is 5.75 Å². The van der Waals surface area contributed by atoms with Crippen molar-refractivity contribution < 1.29 is 13.5 Å². The van der Waals surface area contributed by atoms with Crippen LogP contribution in [0.3, 0.4) is 0 Å². The monoisotopic (exact) mass is 331 g/mol. The van der Waals surface area contributed by atoms with Crippen LogP contribution in [-0.4, -0.2) is 20.2 Å². The van der Waals surface area contributed by atoms with Gasteiger partial charge in [0.25, 0.3) is 0 Å². The Morgan fingerprint density at radius 1 is 1.08 bits per heavy atom. The second kappa shape index (κ2) is 6.89. The zero-order valence-corrected chi connectivity index (χ0v) is 14.3. The highest BCUT2D eigenvalue weighted by Crippen LogP contribution is 2.39. The van der Waals surface area contributed by atoms with Crippen molar-refractivity contribution in [2.75, 3.05) is 14.2 Å². The first-order chi connectivity index (χ1) is 11.5. The zero-order valence-electron chi connectivity index (χ0n) is 14.3. The maximum absolute atomic E-state index is 13.9. The van der Waals surface area contributed by atoms with Crippen molar-refractivity contribution in [2.24, 2.45) is 0 Å². The number of benzene rings is 2. The van der Waals surface area contributed by atoms with Gasteiger partial charge in [0.05, 0.1) is 7.11 Å². The quantitative estimate of drug-likeness (QED) is 0.906. The fourth-order valence-corrected chi connectivity index (χ4v) is 3.57. The van der Waals surface area contributed by atoms with E-state index in [9.17, 15) is 8.78 Å². The van der Waals surface area contributed by atoms with Crippen LogP contribution in [0.15, 0.2) is 30.3 Å². The van der Waals surface area contributed by atoms with Gasteiger partial charge < -0.3 is 10.1 Å². The number of hydrogen-bond acceptors (Lipinski definition) is 2. The number of halogens is 2. The molecule has 0 spiro atoms. The Morgan fingerprint density at radius 2 is 1.75 bits per heavy atom. The lowest BCUT2D eigenvalue weighted by molar-refractivity contribution is 0.414. The first-order valence-electron chi connectivity index (χ1n) is 8.35. The molecular weight excluding hydrogens is 308 g/mol. The molecule has 2 atom stereocenters. The minimum absolute atomic E-state index is 0.0426. The molecule has 1 N–H and O–H groups in total. The van der Waals surface area contributed by atoms with Crippen molar-refractivity contribution in [3.8, 4) is 5.75 Å². The third kappa shape index (κ3) is 3.16. The summed E-state index contributed by atoms with van der Waals surface area (Å²) in [5.41, 5.74) is 4.18. The van der Waals surface area contributed by atoms with Gasteiger partial charge >= 0.3 is 0 Å². The van der Waals surface area contributed by atoms with E-state index in [-0.39, 0.29) is 12.0 Å². The minimum atomic E-state index is -0.771. The summed E-state index contributed by atoms with van der Waals surface area (Å²) in [6, 6.07) is 9.08. The Balaban J connectivity index is 2.14. The van der Waals surface area contributed by atoms with Crippen LogP contribution in [-0.2, 0) is 12.8 Å². The SMILES string of the molecule is CNC(C)CC1c2ccc(OC)cc2CCc2cc(F)c(F)cc21. The van der Waals surface area contributed by atoms with Gasteiger partial charge in [0.2, 0.25) is 0 Å². The van der Waals surface area contributed by atoms with Gasteiger partial charge in [-0.1, -0.05) is 6.07 Å². The number of aryl methyl sites for hydroxylation is 2. The normalized spacial score (nSPS) is 17.6. The van der Waals surface area contributed by atoms with Crippen molar-refractivity contribution in [1.82, 2.24) is 5.32 Å². The van der Waals surface area contributed by atoms with Crippen LogP contribution in [0, 0.1) is 11.6 Å². The molecule has 0 saturated carbocycles. The highest BCUT2D eigenvalue weighted by molar-refractivity contribution is 5.47. The third-order valence-electron chi connectivity index (χ3n) is 5.03. The second-order valence-electron chi connectivity index (χ2n) is 6.51. The van der Waals surface area contributed by atoms with Crippen molar-refractivity contribution in [3.05, 3.63) is 64.2 Å². The predicted octanol–water partition coefficient (Wildman–Crippen LogP) is 4.20. The Bertz CT molecular complexity index is 745. The van der Waals surface area contributed by atoms with E-state index in [1.165, 1.54) is 23.3 Å². The summed E-state index contributed by atoms with van der Waals surface area (Å²) >= 11 is 0. The van der Waals surface area contributed by atoms with Gasteiger partial charge in [0, 0.05) is 12.0 Å². The average molecular weight is 331 g/mol. The smallest absolute Gasteiger partial charge is 0.159 e. The van der Waals surface area contributed by atoms with Crippen LogP contribution in [0.25, 0.3) is 0 Å². The van der Waals surface area contributed by atoms with Gasteiger partial charge in [-0.2, -0.15) is 0 Å². The number of ether oxygens (including phenoxy) is 1. The zero-order chi connectivity index (χ0) is 17.3. The van der Waals surface area contributed by atoms with Gasteiger partial charge in [-0.15, -0.1) is 0 Å². The minimum Gasteiger partial charge on any atom is -0.497 e. The van der Waals surface area contributed by atoms with Crippen LogP contribution in [0.2, 0.25) is 0 Å². The average Bonchev–Trinajstić information content (AvgIpc) is 2.72. The summed E-state index contributed by atoms with van der Waals surface area (Å²) in [5.74, 6) is -0.677. The standard InChI is InChI=1S/C20H23F2NO/c1-12(23-2)8-18-16-7-6-15(24-3)9-13(16)4-5-14-10-19(21)20(22)11-17(14)18/h6-7,9-12,18,23H,4-5,8H2,1-3H3. The van der Waals surface area contributed by atoms with Gasteiger partial charge in [0.15, 0.2) is 11.6 Å². The summed E-state index contributed by atoms with van der Waals surface area (Å²) in [7, 11) is 3.57. The molecule has 3 rings (SSSR count). The summed E-state index contributed by atoms with van der Waals surface area (Å²) in [4.78, 5) is 0. The van der Waals surface area contributed by atoms with Gasteiger partial charge in [-0.3, -0.25) is 0 Å². The Kier molecular flexibility index (Phi) is 4.86. The molecule has 0 aliphatic heterocycles. The molecule has 128 valence electrons. The van der Waals surface area contributed by atoms with Gasteiger partial charge in [-0.25, -0.2) is 8.78 Å². The molecule has 0 radical (unpaired) electrons. The van der Waals surface area contributed by atoms with Crippen molar-refractivity contribution in [3.63, 3.8) is 0 Å². The van der Waals surface area contributed by atoms with Crippen molar-refractivity contribution >= 4 is 0 Å². The Labute approximate surface area is 141 Å². The summed E-state index contributed by atoms with van der Waals surface area (Å²) < 4.78 is 33.0. The van der Waals surface area contributed by atoms with Crippen LogP contribution in [0.4, 0.5) is 8.78 Å². The molecule has 24 heavy (non-hydrogen) atoms. The maximum Gasteiger partial charge on any atom is 0.159 e. The fourth-order valence-electron chi connectivity index (χ4n) is 3.57. The fraction of sp³-hybridized carbons (Fsp3) is 0.400. The van der Waals surface area contributed by atoms with E-state index in [1.807, 2.05) is 19.2 Å². The van der Waals surface area contributed by atoms with Crippen molar-refractivity contribution in [2.45, 2.75) is 38.1 Å².